The quantitative estimate of drug-likeness (QED) is 0.850. The summed E-state index contributed by atoms with van der Waals surface area (Å²) in [4.78, 5) is 0. The van der Waals surface area contributed by atoms with Gasteiger partial charge < -0.3 is 14.8 Å². The van der Waals surface area contributed by atoms with E-state index in [-0.39, 0.29) is 0 Å². The molecule has 1 N–H and O–H groups in total. The van der Waals surface area contributed by atoms with E-state index in [9.17, 15) is 0 Å². The molecule has 2 unspecified atom stereocenters. The number of benzene rings is 1. The molecule has 1 saturated heterocycles. The topological polar surface area (TPSA) is 30.5 Å². The zero-order valence-corrected chi connectivity index (χ0v) is 14.2. The lowest BCUT2D eigenvalue weighted by Gasteiger charge is -2.25. The Morgan fingerprint density at radius 1 is 1.38 bits per heavy atom. The number of hydrogen-bond donors (Lipinski definition) is 1. The van der Waals surface area contributed by atoms with Crippen molar-refractivity contribution in [1.29, 1.82) is 0 Å². The van der Waals surface area contributed by atoms with E-state index in [0.717, 1.165) is 51.4 Å². The average molecular weight is 354 g/mol. The molecule has 2 heterocycles. The predicted molar refractivity (Wildman–Crippen MR) is 88.1 cm³/mol. The molecule has 2 atom stereocenters. The molecule has 0 aliphatic carbocycles. The molecule has 0 radical (unpaired) electrons. The standard InChI is InChI=1S/C17H24BrNO2/c1-2-5-19-16(13-3-6-20-11-13)10-14-9-15(18)8-12-4-7-21-17(12)14/h8-9,13,16,19H,2-7,10-11H2,1H3. The van der Waals surface area contributed by atoms with Gasteiger partial charge in [0.25, 0.3) is 0 Å². The highest BCUT2D eigenvalue weighted by molar-refractivity contribution is 9.10. The van der Waals surface area contributed by atoms with Gasteiger partial charge >= 0.3 is 0 Å². The molecule has 3 nitrogen and oxygen atoms in total. The third-order valence-corrected chi connectivity index (χ3v) is 4.91. The zero-order chi connectivity index (χ0) is 14.7. The highest BCUT2D eigenvalue weighted by Gasteiger charge is 2.27. The lowest BCUT2D eigenvalue weighted by atomic mass is 9.91. The predicted octanol–water partition coefficient (Wildman–Crippen LogP) is 3.33. The summed E-state index contributed by atoms with van der Waals surface area (Å²) in [7, 11) is 0. The van der Waals surface area contributed by atoms with Gasteiger partial charge in [-0.15, -0.1) is 0 Å². The van der Waals surface area contributed by atoms with Gasteiger partial charge in [-0.05, 0) is 49.1 Å². The first kappa shape index (κ1) is 15.3. The molecule has 1 aromatic carbocycles. The third-order valence-electron chi connectivity index (χ3n) is 4.46. The Hall–Kier alpha value is -0.580. The Morgan fingerprint density at radius 2 is 2.29 bits per heavy atom. The van der Waals surface area contributed by atoms with Gasteiger partial charge in [-0.3, -0.25) is 0 Å². The van der Waals surface area contributed by atoms with Crippen LogP contribution < -0.4 is 10.1 Å². The highest BCUT2D eigenvalue weighted by Crippen LogP contribution is 2.34. The zero-order valence-electron chi connectivity index (χ0n) is 12.7. The second-order valence-electron chi connectivity index (χ2n) is 6.04. The molecule has 0 saturated carbocycles. The van der Waals surface area contributed by atoms with Crippen LogP contribution in [0.3, 0.4) is 0 Å². The van der Waals surface area contributed by atoms with Gasteiger partial charge in [-0.2, -0.15) is 0 Å². The highest BCUT2D eigenvalue weighted by atomic mass is 79.9. The van der Waals surface area contributed by atoms with E-state index in [1.165, 1.54) is 22.0 Å². The SMILES string of the molecule is CCCNC(Cc1cc(Br)cc2c1OCC2)C1CCOC1. The van der Waals surface area contributed by atoms with Crippen molar-refractivity contribution in [3.63, 3.8) is 0 Å². The van der Waals surface area contributed by atoms with Gasteiger partial charge in [0, 0.05) is 29.5 Å². The van der Waals surface area contributed by atoms with E-state index >= 15 is 0 Å². The Bertz CT molecular complexity index is 486. The van der Waals surface area contributed by atoms with Crippen LogP contribution in [0.25, 0.3) is 0 Å². The summed E-state index contributed by atoms with van der Waals surface area (Å²) in [5, 5.41) is 3.72. The summed E-state index contributed by atoms with van der Waals surface area (Å²) in [5.41, 5.74) is 2.67. The van der Waals surface area contributed by atoms with E-state index < -0.39 is 0 Å². The van der Waals surface area contributed by atoms with Gasteiger partial charge in [0.05, 0.1) is 13.2 Å². The second-order valence-corrected chi connectivity index (χ2v) is 6.96. The van der Waals surface area contributed by atoms with E-state index in [1.807, 2.05) is 0 Å². The normalized spacial score (nSPS) is 22.1. The maximum atomic E-state index is 5.87. The van der Waals surface area contributed by atoms with Crippen LogP contribution in [0.2, 0.25) is 0 Å². The molecule has 0 bridgehead atoms. The molecule has 21 heavy (non-hydrogen) atoms. The average Bonchev–Trinajstić information content (AvgIpc) is 3.13. The summed E-state index contributed by atoms with van der Waals surface area (Å²) < 4.78 is 12.6. The number of ether oxygens (including phenoxy) is 2. The van der Waals surface area contributed by atoms with Crippen LogP contribution in [0, 0.1) is 5.92 Å². The maximum absolute atomic E-state index is 5.87. The number of fused-ring (bicyclic) bond motifs is 1. The molecule has 0 amide bonds. The van der Waals surface area contributed by atoms with E-state index in [1.54, 1.807) is 0 Å². The Labute approximate surface area is 135 Å². The van der Waals surface area contributed by atoms with Gasteiger partial charge in [-0.25, -0.2) is 0 Å². The fraction of sp³-hybridized carbons (Fsp3) is 0.647. The fourth-order valence-corrected chi connectivity index (χ4v) is 3.89. The van der Waals surface area contributed by atoms with Crippen LogP contribution in [0.1, 0.15) is 30.9 Å². The summed E-state index contributed by atoms with van der Waals surface area (Å²) in [6.45, 7) is 5.90. The lowest BCUT2D eigenvalue weighted by molar-refractivity contribution is 0.176. The second kappa shape index (κ2) is 7.12. The van der Waals surface area contributed by atoms with Crippen molar-refractivity contribution in [3.05, 3.63) is 27.7 Å². The Kier molecular flexibility index (Phi) is 5.19. The fourth-order valence-electron chi connectivity index (χ4n) is 3.34. The summed E-state index contributed by atoms with van der Waals surface area (Å²) in [6.07, 6.45) is 4.38. The summed E-state index contributed by atoms with van der Waals surface area (Å²) in [6, 6.07) is 4.90. The first-order valence-corrected chi connectivity index (χ1v) is 8.82. The van der Waals surface area contributed by atoms with Crippen molar-refractivity contribution in [1.82, 2.24) is 5.32 Å². The molecule has 4 heteroatoms. The van der Waals surface area contributed by atoms with Crippen molar-refractivity contribution in [2.75, 3.05) is 26.4 Å². The van der Waals surface area contributed by atoms with Crippen molar-refractivity contribution in [3.8, 4) is 5.75 Å². The van der Waals surface area contributed by atoms with E-state index in [0.29, 0.717) is 12.0 Å². The van der Waals surface area contributed by atoms with Crippen molar-refractivity contribution >= 4 is 15.9 Å². The minimum Gasteiger partial charge on any atom is -0.493 e. The van der Waals surface area contributed by atoms with Crippen LogP contribution in [-0.2, 0) is 17.6 Å². The number of nitrogens with one attached hydrogen (secondary N) is 1. The number of hydrogen-bond acceptors (Lipinski definition) is 3. The Morgan fingerprint density at radius 3 is 3.05 bits per heavy atom. The molecule has 1 fully saturated rings. The monoisotopic (exact) mass is 353 g/mol. The van der Waals surface area contributed by atoms with E-state index in [4.69, 9.17) is 9.47 Å². The maximum Gasteiger partial charge on any atom is 0.125 e. The van der Waals surface area contributed by atoms with Gasteiger partial charge in [0.15, 0.2) is 0 Å². The third kappa shape index (κ3) is 3.61. The van der Waals surface area contributed by atoms with Crippen molar-refractivity contribution < 1.29 is 9.47 Å². The number of rotatable bonds is 6. The molecular formula is C17H24BrNO2. The van der Waals surface area contributed by atoms with Crippen LogP contribution in [0.15, 0.2) is 16.6 Å². The minimum absolute atomic E-state index is 0.482. The molecular weight excluding hydrogens is 330 g/mol. The largest absolute Gasteiger partial charge is 0.493 e. The van der Waals surface area contributed by atoms with Gasteiger partial charge in [0.1, 0.15) is 5.75 Å². The van der Waals surface area contributed by atoms with Crippen LogP contribution >= 0.6 is 15.9 Å². The molecule has 3 rings (SSSR count). The van der Waals surface area contributed by atoms with Crippen LogP contribution in [-0.4, -0.2) is 32.4 Å². The molecule has 1 aromatic rings. The molecule has 0 aromatic heterocycles. The summed E-state index contributed by atoms with van der Waals surface area (Å²) >= 11 is 3.64. The van der Waals surface area contributed by atoms with Gasteiger partial charge in [0.2, 0.25) is 0 Å². The minimum atomic E-state index is 0.482. The van der Waals surface area contributed by atoms with Crippen LogP contribution in [0.5, 0.6) is 5.75 Å². The van der Waals surface area contributed by atoms with Crippen molar-refractivity contribution in [2.24, 2.45) is 5.92 Å². The first-order valence-electron chi connectivity index (χ1n) is 8.03. The Balaban J connectivity index is 1.78. The van der Waals surface area contributed by atoms with E-state index in [2.05, 4.69) is 40.3 Å². The number of halogens is 1. The van der Waals surface area contributed by atoms with Gasteiger partial charge in [-0.1, -0.05) is 22.9 Å². The lowest BCUT2D eigenvalue weighted by Crippen LogP contribution is -2.39. The summed E-state index contributed by atoms with van der Waals surface area (Å²) in [5.74, 6) is 1.74. The molecule has 116 valence electrons. The smallest absolute Gasteiger partial charge is 0.125 e. The van der Waals surface area contributed by atoms with Crippen LogP contribution in [0.4, 0.5) is 0 Å². The molecule has 2 aliphatic rings. The first-order chi connectivity index (χ1) is 10.3. The molecule has 2 aliphatic heterocycles. The molecule has 0 spiro atoms. The van der Waals surface area contributed by atoms with Crippen molar-refractivity contribution in [2.45, 2.75) is 38.6 Å².